The van der Waals surface area contributed by atoms with Crippen LogP contribution in [0.2, 0.25) is 0 Å². The Balaban J connectivity index is 0.000000921. The van der Waals surface area contributed by atoms with E-state index in [-0.39, 0.29) is 5.41 Å². The van der Waals surface area contributed by atoms with Crippen LogP contribution in [0.3, 0.4) is 0 Å². The van der Waals surface area contributed by atoms with Crippen molar-refractivity contribution >= 4 is 11.9 Å². The number of carboxylic acids is 1. The number of carbonyl (C=O) groups is 2. The number of carboxylic acid groups (broad SMARTS) is 1. The summed E-state index contributed by atoms with van der Waals surface area (Å²) in [5.41, 5.74) is 3.73. The van der Waals surface area contributed by atoms with E-state index >= 15 is 0 Å². The highest BCUT2D eigenvalue weighted by molar-refractivity contribution is 6.01. The first-order valence-corrected chi connectivity index (χ1v) is 5.33. The fourth-order valence-electron chi connectivity index (χ4n) is 2.04. The minimum atomic E-state index is -1.32. The molecule has 88 valence electrons. The fraction of sp³-hybridized carbons (Fsp3) is 0.818. The molecule has 0 bridgehead atoms. The van der Waals surface area contributed by atoms with E-state index in [0.29, 0.717) is 12.8 Å². The van der Waals surface area contributed by atoms with Crippen molar-refractivity contribution in [3.8, 4) is 0 Å². The van der Waals surface area contributed by atoms with Crippen molar-refractivity contribution in [1.29, 1.82) is 0 Å². The molecule has 3 N–H and O–H groups in total. The largest absolute Gasteiger partial charge is 0.480 e. The van der Waals surface area contributed by atoms with Crippen LogP contribution in [0.5, 0.6) is 0 Å². The lowest BCUT2D eigenvalue weighted by atomic mass is 9.81. The van der Waals surface area contributed by atoms with E-state index in [4.69, 9.17) is 10.8 Å². The summed E-state index contributed by atoms with van der Waals surface area (Å²) < 4.78 is 0. The number of carbonyl (C=O) groups excluding carboxylic acids is 1. The summed E-state index contributed by atoms with van der Waals surface area (Å²) in [6, 6.07) is 0. The molecule has 1 saturated carbocycles. The van der Waals surface area contributed by atoms with Crippen molar-refractivity contribution in [3.05, 3.63) is 0 Å². The van der Waals surface area contributed by atoms with Gasteiger partial charge in [0.2, 0.25) is 5.91 Å². The van der Waals surface area contributed by atoms with Crippen molar-refractivity contribution < 1.29 is 14.7 Å². The average Bonchev–Trinajstić information content (AvgIpc) is 2.47. The third-order valence-electron chi connectivity index (χ3n) is 2.89. The van der Waals surface area contributed by atoms with Crippen LogP contribution >= 0.6 is 0 Å². The highest BCUT2D eigenvalue weighted by Gasteiger charge is 2.53. The van der Waals surface area contributed by atoms with Gasteiger partial charge in [0.1, 0.15) is 5.41 Å². The van der Waals surface area contributed by atoms with E-state index in [0.717, 1.165) is 6.42 Å². The highest BCUT2D eigenvalue weighted by atomic mass is 16.4. The summed E-state index contributed by atoms with van der Waals surface area (Å²) in [7, 11) is 0. The standard InChI is InChI=1S/C9H15NO3.C2H6/c1-8(2)3-4-9(5-8,6(10)11)7(12)13;1-2/h3-5H2,1-2H3,(H2,10,11)(H,12,13);1-2H3. The van der Waals surface area contributed by atoms with Gasteiger partial charge < -0.3 is 10.8 Å². The topological polar surface area (TPSA) is 80.4 Å². The first kappa shape index (κ1) is 13.9. The molecule has 0 spiro atoms. The summed E-state index contributed by atoms with van der Waals surface area (Å²) in [4.78, 5) is 22.0. The van der Waals surface area contributed by atoms with Gasteiger partial charge in [-0.05, 0) is 24.7 Å². The van der Waals surface area contributed by atoms with E-state index in [1.165, 1.54) is 0 Å². The van der Waals surface area contributed by atoms with Crippen LogP contribution in [0.1, 0.15) is 47.0 Å². The molecule has 0 aromatic carbocycles. The third kappa shape index (κ3) is 2.70. The Kier molecular flexibility index (Phi) is 4.31. The molecule has 1 amide bonds. The Bertz CT molecular complexity index is 245. The molecule has 1 aliphatic rings. The first-order chi connectivity index (χ1) is 6.80. The molecule has 0 heterocycles. The van der Waals surface area contributed by atoms with E-state index in [9.17, 15) is 9.59 Å². The van der Waals surface area contributed by atoms with Gasteiger partial charge in [-0.1, -0.05) is 27.7 Å². The van der Waals surface area contributed by atoms with Crippen LogP contribution in [-0.4, -0.2) is 17.0 Å². The van der Waals surface area contributed by atoms with Crippen molar-refractivity contribution in [2.24, 2.45) is 16.6 Å². The molecule has 15 heavy (non-hydrogen) atoms. The minimum Gasteiger partial charge on any atom is -0.480 e. The Morgan fingerprint density at radius 3 is 1.80 bits per heavy atom. The Labute approximate surface area is 90.8 Å². The summed E-state index contributed by atoms with van der Waals surface area (Å²) in [6.07, 6.45) is 1.46. The molecule has 0 radical (unpaired) electrons. The normalized spacial score (nSPS) is 27.7. The maximum absolute atomic E-state index is 11.1. The predicted octanol–water partition coefficient (Wildman–Crippen LogP) is 1.78. The van der Waals surface area contributed by atoms with Crippen LogP contribution in [0.15, 0.2) is 0 Å². The van der Waals surface area contributed by atoms with Crippen molar-refractivity contribution in [3.63, 3.8) is 0 Å². The molecule has 0 aromatic rings. The van der Waals surface area contributed by atoms with E-state index in [1.807, 2.05) is 27.7 Å². The summed E-state index contributed by atoms with van der Waals surface area (Å²) in [6.45, 7) is 7.92. The van der Waals surface area contributed by atoms with Gasteiger partial charge in [-0.25, -0.2) is 0 Å². The van der Waals surface area contributed by atoms with Crippen LogP contribution in [0.4, 0.5) is 0 Å². The quantitative estimate of drug-likeness (QED) is 0.689. The van der Waals surface area contributed by atoms with Gasteiger partial charge in [-0.2, -0.15) is 0 Å². The summed E-state index contributed by atoms with van der Waals surface area (Å²) >= 11 is 0. The zero-order valence-corrected chi connectivity index (χ0v) is 9.96. The lowest BCUT2D eigenvalue weighted by Gasteiger charge is -2.22. The molecule has 4 nitrogen and oxygen atoms in total. The van der Waals surface area contributed by atoms with Crippen LogP contribution in [0, 0.1) is 10.8 Å². The molecule has 1 aliphatic carbocycles. The molecule has 0 aromatic heterocycles. The van der Waals surface area contributed by atoms with Gasteiger partial charge in [0, 0.05) is 0 Å². The van der Waals surface area contributed by atoms with E-state index in [2.05, 4.69) is 0 Å². The highest BCUT2D eigenvalue weighted by Crippen LogP contribution is 2.49. The number of aliphatic carboxylic acids is 1. The lowest BCUT2D eigenvalue weighted by Crippen LogP contribution is -2.42. The SMILES string of the molecule is CC.CC1(C)CCC(C(N)=O)(C(=O)O)C1. The van der Waals surface area contributed by atoms with Gasteiger partial charge in [-0.15, -0.1) is 0 Å². The molecule has 1 atom stereocenters. The maximum Gasteiger partial charge on any atom is 0.319 e. The molecule has 0 aliphatic heterocycles. The Hall–Kier alpha value is -1.06. The monoisotopic (exact) mass is 215 g/mol. The molecular weight excluding hydrogens is 194 g/mol. The number of nitrogens with two attached hydrogens (primary N) is 1. The number of hydrogen-bond donors (Lipinski definition) is 2. The second-order valence-corrected chi connectivity index (χ2v) is 4.59. The molecule has 1 fully saturated rings. The summed E-state index contributed by atoms with van der Waals surface area (Å²) in [5, 5.41) is 8.97. The minimum absolute atomic E-state index is 0.0899. The molecule has 1 rings (SSSR count). The fourth-order valence-corrected chi connectivity index (χ4v) is 2.04. The Morgan fingerprint density at radius 1 is 1.20 bits per heavy atom. The zero-order valence-electron chi connectivity index (χ0n) is 9.96. The first-order valence-electron chi connectivity index (χ1n) is 5.33. The van der Waals surface area contributed by atoms with Crippen LogP contribution in [0.25, 0.3) is 0 Å². The van der Waals surface area contributed by atoms with Gasteiger partial charge in [0.15, 0.2) is 0 Å². The summed E-state index contributed by atoms with van der Waals surface area (Å²) in [5.74, 6) is -1.78. The average molecular weight is 215 g/mol. The second kappa shape index (κ2) is 4.64. The van der Waals surface area contributed by atoms with E-state index in [1.54, 1.807) is 0 Å². The third-order valence-corrected chi connectivity index (χ3v) is 2.89. The Morgan fingerprint density at radius 2 is 1.67 bits per heavy atom. The molecule has 1 unspecified atom stereocenters. The smallest absolute Gasteiger partial charge is 0.319 e. The molecule has 0 saturated heterocycles. The second-order valence-electron chi connectivity index (χ2n) is 4.59. The van der Waals surface area contributed by atoms with Gasteiger partial charge in [0.05, 0.1) is 0 Å². The van der Waals surface area contributed by atoms with Crippen molar-refractivity contribution in [2.45, 2.75) is 47.0 Å². The number of primary amides is 1. The number of hydrogen-bond acceptors (Lipinski definition) is 2. The maximum atomic E-state index is 11.1. The van der Waals surface area contributed by atoms with Crippen LogP contribution in [-0.2, 0) is 9.59 Å². The number of rotatable bonds is 2. The van der Waals surface area contributed by atoms with E-state index < -0.39 is 17.3 Å². The molecule has 4 heteroatoms. The number of amides is 1. The van der Waals surface area contributed by atoms with Gasteiger partial charge in [-0.3, -0.25) is 9.59 Å². The van der Waals surface area contributed by atoms with Crippen molar-refractivity contribution in [1.82, 2.24) is 0 Å². The zero-order chi connectivity index (χ0) is 12.3. The predicted molar refractivity (Wildman–Crippen MR) is 58.2 cm³/mol. The van der Waals surface area contributed by atoms with Gasteiger partial charge >= 0.3 is 5.97 Å². The molecular formula is C11H21NO3. The van der Waals surface area contributed by atoms with Crippen molar-refractivity contribution in [2.75, 3.05) is 0 Å². The lowest BCUT2D eigenvalue weighted by molar-refractivity contribution is -0.154. The van der Waals surface area contributed by atoms with Crippen LogP contribution < -0.4 is 5.73 Å². The van der Waals surface area contributed by atoms with Gasteiger partial charge in [0.25, 0.3) is 0 Å².